The van der Waals surface area contributed by atoms with Crippen molar-refractivity contribution in [2.24, 2.45) is 0 Å². The van der Waals surface area contributed by atoms with E-state index < -0.39 is 10.8 Å². The van der Waals surface area contributed by atoms with E-state index >= 15 is 0 Å². The molecule has 0 unspecified atom stereocenters. The molecule has 0 saturated heterocycles. The summed E-state index contributed by atoms with van der Waals surface area (Å²) in [6.07, 6.45) is 1.44. The summed E-state index contributed by atoms with van der Waals surface area (Å²) < 4.78 is 11.5. The van der Waals surface area contributed by atoms with Crippen molar-refractivity contribution in [2.75, 3.05) is 11.9 Å². The van der Waals surface area contributed by atoms with Gasteiger partial charge >= 0.3 is 0 Å². The van der Waals surface area contributed by atoms with Crippen LogP contribution in [0.15, 0.2) is 66.2 Å². The van der Waals surface area contributed by atoms with Crippen molar-refractivity contribution in [1.29, 1.82) is 5.26 Å². The topological polar surface area (TPSA) is 114 Å². The predicted molar refractivity (Wildman–Crippen MR) is 133 cm³/mol. The normalized spacial score (nSPS) is 10.9. The number of ether oxygens (including phenoxy) is 2. The van der Waals surface area contributed by atoms with Gasteiger partial charge in [0.25, 0.3) is 11.6 Å². The third kappa shape index (κ3) is 6.82. The molecule has 0 radical (unpaired) electrons. The Bertz CT molecular complexity index is 1330. The van der Waals surface area contributed by atoms with Crippen LogP contribution in [0.4, 0.5) is 11.4 Å². The molecule has 3 aromatic rings. The molecule has 0 atom stereocenters. The van der Waals surface area contributed by atoms with Crippen molar-refractivity contribution < 1.29 is 19.2 Å². The highest BCUT2D eigenvalue weighted by Crippen LogP contribution is 2.30. The number of anilines is 1. The van der Waals surface area contributed by atoms with Crippen LogP contribution in [0.3, 0.4) is 0 Å². The van der Waals surface area contributed by atoms with Gasteiger partial charge < -0.3 is 14.8 Å². The van der Waals surface area contributed by atoms with Crippen molar-refractivity contribution in [3.8, 4) is 17.6 Å². The molecule has 0 aliphatic heterocycles. The molecular formula is C26H22ClN3O5. The molecule has 0 spiro atoms. The van der Waals surface area contributed by atoms with Crippen molar-refractivity contribution in [3.05, 3.63) is 98.1 Å². The first-order chi connectivity index (χ1) is 16.8. The number of nitriles is 1. The number of nitrogens with one attached hydrogen (secondary N) is 1. The fraction of sp³-hybridized carbons (Fsp3) is 0.154. The molecule has 178 valence electrons. The van der Waals surface area contributed by atoms with Gasteiger partial charge in [-0.25, -0.2) is 0 Å². The Hall–Kier alpha value is -4.35. The Labute approximate surface area is 207 Å². The Morgan fingerprint density at radius 1 is 1.14 bits per heavy atom. The van der Waals surface area contributed by atoms with Gasteiger partial charge in [0.05, 0.1) is 11.5 Å². The summed E-state index contributed by atoms with van der Waals surface area (Å²) in [6, 6.07) is 18.2. The number of nitro groups is 1. The molecule has 1 N–H and O–H groups in total. The van der Waals surface area contributed by atoms with Gasteiger partial charge in [-0.1, -0.05) is 35.9 Å². The third-order valence-electron chi connectivity index (χ3n) is 4.89. The summed E-state index contributed by atoms with van der Waals surface area (Å²) in [6.45, 7) is 4.12. The summed E-state index contributed by atoms with van der Waals surface area (Å²) in [7, 11) is 0. The van der Waals surface area contributed by atoms with Crippen LogP contribution in [-0.4, -0.2) is 17.4 Å². The van der Waals surface area contributed by atoms with E-state index in [4.69, 9.17) is 21.1 Å². The van der Waals surface area contributed by atoms with E-state index in [1.165, 1.54) is 18.2 Å². The summed E-state index contributed by atoms with van der Waals surface area (Å²) in [5.74, 6) is 0.263. The molecule has 3 aromatic carbocycles. The van der Waals surface area contributed by atoms with Gasteiger partial charge in [0.2, 0.25) is 0 Å². The fourth-order valence-electron chi connectivity index (χ4n) is 3.11. The zero-order chi connectivity index (χ0) is 25.4. The predicted octanol–water partition coefficient (Wildman–Crippen LogP) is 6.08. The molecule has 8 nitrogen and oxygen atoms in total. The van der Waals surface area contributed by atoms with Crippen molar-refractivity contribution in [3.63, 3.8) is 0 Å². The summed E-state index contributed by atoms with van der Waals surface area (Å²) in [5, 5.41) is 23.7. The number of rotatable bonds is 9. The Morgan fingerprint density at radius 3 is 2.63 bits per heavy atom. The average molecular weight is 492 g/mol. The number of halogens is 1. The molecule has 1 amide bonds. The minimum Gasteiger partial charge on any atom is -0.490 e. The Balaban J connectivity index is 1.78. The first kappa shape index (κ1) is 25.3. The second kappa shape index (κ2) is 11.7. The van der Waals surface area contributed by atoms with E-state index in [1.54, 1.807) is 48.5 Å². The van der Waals surface area contributed by atoms with E-state index in [0.29, 0.717) is 39.9 Å². The number of benzene rings is 3. The molecule has 9 heteroatoms. The number of aryl methyl sites for hydroxylation is 1. The highest BCUT2D eigenvalue weighted by Gasteiger charge is 2.13. The zero-order valence-electron chi connectivity index (χ0n) is 19.1. The van der Waals surface area contributed by atoms with E-state index in [0.717, 1.165) is 5.56 Å². The van der Waals surface area contributed by atoms with Gasteiger partial charge in [0.1, 0.15) is 18.2 Å². The SMILES string of the molecule is CCOc1cc(/C=C(/C#N)C(=O)Nc2ccc(C)c(Cl)c2)ccc1OCc1cccc([N+](=O)[O-])c1. The number of non-ortho nitro benzene ring substituents is 1. The monoisotopic (exact) mass is 491 g/mol. The van der Waals surface area contributed by atoms with Crippen LogP contribution in [0.5, 0.6) is 11.5 Å². The van der Waals surface area contributed by atoms with Crippen LogP contribution in [0.2, 0.25) is 5.02 Å². The molecule has 0 heterocycles. The van der Waals surface area contributed by atoms with E-state index in [9.17, 15) is 20.2 Å². The zero-order valence-corrected chi connectivity index (χ0v) is 19.8. The second-order valence-electron chi connectivity index (χ2n) is 7.44. The number of nitro benzene ring substituents is 1. The van der Waals surface area contributed by atoms with Crippen LogP contribution >= 0.6 is 11.6 Å². The van der Waals surface area contributed by atoms with Crippen LogP contribution in [0, 0.1) is 28.4 Å². The Morgan fingerprint density at radius 2 is 1.94 bits per heavy atom. The summed E-state index contributed by atoms with van der Waals surface area (Å²) in [5.41, 5.74) is 2.42. The van der Waals surface area contributed by atoms with Crippen LogP contribution in [0.1, 0.15) is 23.6 Å². The van der Waals surface area contributed by atoms with Gasteiger partial charge in [-0.05, 0) is 60.9 Å². The van der Waals surface area contributed by atoms with Gasteiger partial charge in [-0.2, -0.15) is 5.26 Å². The van der Waals surface area contributed by atoms with Crippen molar-refractivity contribution in [2.45, 2.75) is 20.5 Å². The highest BCUT2D eigenvalue weighted by molar-refractivity contribution is 6.31. The highest BCUT2D eigenvalue weighted by atomic mass is 35.5. The van der Waals surface area contributed by atoms with Crippen LogP contribution in [0.25, 0.3) is 6.08 Å². The lowest BCUT2D eigenvalue weighted by Crippen LogP contribution is -2.13. The summed E-state index contributed by atoms with van der Waals surface area (Å²) in [4.78, 5) is 23.1. The van der Waals surface area contributed by atoms with Gasteiger partial charge in [0, 0.05) is 22.8 Å². The standard InChI is InChI=1S/C26H22ClN3O5/c1-3-34-25-13-18(8-10-24(25)35-16-19-5-4-6-22(12-19)30(32)33)11-20(15-28)26(31)29-21-9-7-17(2)23(27)14-21/h4-14H,3,16H2,1-2H3,(H,29,31)/b20-11-. The maximum absolute atomic E-state index is 12.6. The minimum atomic E-state index is -0.573. The lowest BCUT2D eigenvalue weighted by molar-refractivity contribution is -0.384. The number of nitrogens with zero attached hydrogens (tertiary/aromatic N) is 2. The molecule has 0 bridgehead atoms. The van der Waals surface area contributed by atoms with Crippen LogP contribution in [-0.2, 0) is 11.4 Å². The van der Waals surface area contributed by atoms with Gasteiger partial charge in [-0.15, -0.1) is 0 Å². The number of hydrogen-bond acceptors (Lipinski definition) is 6. The van der Waals surface area contributed by atoms with Gasteiger partial charge in [0.15, 0.2) is 11.5 Å². The molecule has 3 rings (SSSR count). The Kier molecular flexibility index (Phi) is 8.43. The van der Waals surface area contributed by atoms with E-state index in [1.807, 2.05) is 19.9 Å². The number of carbonyl (C=O) groups is 1. The molecule has 0 aromatic heterocycles. The minimum absolute atomic E-state index is 0.0214. The quantitative estimate of drug-likeness (QED) is 0.168. The fourth-order valence-corrected chi connectivity index (χ4v) is 3.29. The maximum Gasteiger partial charge on any atom is 0.269 e. The second-order valence-corrected chi connectivity index (χ2v) is 7.85. The average Bonchev–Trinajstić information content (AvgIpc) is 2.84. The largest absolute Gasteiger partial charge is 0.490 e. The first-order valence-electron chi connectivity index (χ1n) is 10.6. The molecule has 0 aliphatic carbocycles. The van der Waals surface area contributed by atoms with Crippen LogP contribution < -0.4 is 14.8 Å². The maximum atomic E-state index is 12.6. The van der Waals surface area contributed by atoms with Gasteiger partial charge in [-0.3, -0.25) is 14.9 Å². The third-order valence-corrected chi connectivity index (χ3v) is 5.30. The van der Waals surface area contributed by atoms with Crippen molar-refractivity contribution >= 4 is 35.0 Å². The van der Waals surface area contributed by atoms with Crippen molar-refractivity contribution in [1.82, 2.24) is 0 Å². The summed E-state index contributed by atoms with van der Waals surface area (Å²) >= 11 is 6.10. The molecule has 0 saturated carbocycles. The first-order valence-corrected chi connectivity index (χ1v) is 11.0. The molecule has 0 aliphatic rings. The lowest BCUT2D eigenvalue weighted by atomic mass is 10.1. The molecule has 0 fully saturated rings. The smallest absolute Gasteiger partial charge is 0.269 e. The number of amides is 1. The molecule has 35 heavy (non-hydrogen) atoms. The number of hydrogen-bond donors (Lipinski definition) is 1. The lowest BCUT2D eigenvalue weighted by Gasteiger charge is -2.13. The van der Waals surface area contributed by atoms with E-state index in [-0.39, 0.29) is 17.9 Å². The number of carbonyl (C=O) groups excluding carboxylic acids is 1. The molecular weight excluding hydrogens is 470 g/mol. The van der Waals surface area contributed by atoms with E-state index in [2.05, 4.69) is 5.32 Å².